The Morgan fingerprint density at radius 1 is 1.47 bits per heavy atom. The van der Waals surface area contributed by atoms with Crippen molar-refractivity contribution >= 4 is 5.69 Å². The molecule has 1 aromatic carbocycles. The first-order valence-corrected chi connectivity index (χ1v) is 5.27. The van der Waals surface area contributed by atoms with Gasteiger partial charge in [-0.1, -0.05) is 13.3 Å². The van der Waals surface area contributed by atoms with E-state index in [-0.39, 0.29) is 0 Å². The van der Waals surface area contributed by atoms with Crippen LogP contribution in [0.1, 0.15) is 30.9 Å². The Bertz CT molecular complexity index is 352. The van der Waals surface area contributed by atoms with Gasteiger partial charge in [0.15, 0.2) is 0 Å². The van der Waals surface area contributed by atoms with Crippen LogP contribution in [-0.4, -0.2) is 6.54 Å². The number of nitrogens with zero attached hydrogens (tertiary/aromatic N) is 1. The van der Waals surface area contributed by atoms with Gasteiger partial charge in [-0.3, -0.25) is 0 Å². The van der Waals surface area contributed by atoms with Gasteiger partial charge in [-0.2, -0.15) is 5.26 Å². The Kier molecular flexibility index (Phi) is 4.65. The lowest BCUT2D eigenvalue weighted by molar-refractivity contribution is 0.642. The maximum absolute atomic E-state index is 8.75. The van der Waals surface area contributed by atoms with Crippen LogP contribution in [0.2, 0.25) is 0 Å². The Hall–Kier alpha value is -1.53. The number of benzene rings is 1. The van der Waals surface area contributed by atoms with Crippen LogP contribution in [0.3, 0.4) is 0 Å². The predicted octanol–water partition coefficient (Wildman–Crippen LogP) is 2.03. The number of unbranched alkanes of at least 4 members (excludes halogenated alkanes) is 1. The van der Waals surface area contributed by atoms with Crippen LogP contribution < -0.4 is 11.1 Å². The van der Waals surface area contributed by atoms with Crippen molar-refractivity contribution in [2.24, 2.45) is 0 Å². The van der Waals surface area contributed by atoms with Crippen molar-refractivity contribution in [3.8, 4) is 6.07 Å². The summed E-state index contributed by atoms with van der Waals surface area (Å²) >= 11 is 0. The minimum Gasteiger partial charge on any atom is -0.398 e. The summed E-state index contributed by atoms with van der Waals surface area (Å²) in [6.07, 6.45) is 2.35. The number of rotatable bonds is 5. The van der Waals surface area contributed by atoms with Gasteiger partial charge in [-0.05, 0) is 36.7 Å². The molecule has 0 saturated heterocycles. The van der Waals surface area contributed by atoms with Crippen molar-refractivity contribution in [3.63, 3.8) is 0 Å². The molecule has 0 amide bonds. The molecule has 3 heteroatoms. The molecular formula is C12H17N3. The number of hydrogen-bond acceptors (Lipinski definition) is 3. The van der Waals surface area contributed by atoms with E-state index in [1.807, 2.05) is 6.07 Å². The van der Waals surface area contributed by atoms with Gasteiger partial charge in [0, 0.05) is 12.2 Å². The van der Waals surface area contributed by atoms with E-state index in [9.17, 15) is 0 Å². The Morgan fingerprint density at radius 2 is 2.27 bits per heavy atom. The highest BCUT2D eigenvalue weighted by Gasteiger charge is 2.00. The molecule has 3 N–H and O–H groups in total. The van der Waals surface area contributed by atoms with Gasteiger partial charge >= 0.3 is 0 Å². The second-order valence-corrected chi connectivity index (χ2v) is 3.56. The molecule has 80 valence electrons. The van der Waals surface area contributed by atoms with Gasteiger partial charge in [-0.15, -0.1) is 0 Å². The minimum atomic E-state index is 0.663. The summed E-state index contributed by atoms with van der Waals surface area (Å²) in [5, 5.41) is 12.1. The van der Waals surface area contributed by atoms with E-state index in [1.54, 1.807) is 12.1 Å². The van der Waals surface area contributed by atoms with E-state index >= 15 is 0 Å². The van der Waals surface area contributed by atoms with E-state index in [4.69, 9.17) is 11.0 Å². The van der Waals surface area contributed by atoms with E-state index in [1.165, 1.54) is 6.42 Å². The highest BCUT2D eigenvalue weighted by atomic mass is 14.8. The standard InChI is InChI=1S/C12H17N3/c1-2-3-6-15-9-11-7-10(8-13)4-5-12(11)14/h4-5,7,15H,2-3,6,9,14H2,1H3. The molecule has 0 unspecified atom stereocenters. The smallest absolute Gasteiger partial charge is 0.0991 e. The molecule has 0 fully saturated rings. The molecule has 3 nitrogen and oxygen atoms in total. The average Bonchev–Trinajstić information content (AvgIpc) is 2.26. The summed E-state index contributed by atoms with van der Waals surface area (Å²) < 4.78 is 0. The first-order chi connectivity index (χ1) is 7.27. The van der Waals surface area contributed by atoms with Crippen LogP contribution in [0.25, 0.3) is 0 Å². The van der Waals surface area contributed by atoms with Gasteiger partial charge < -0.3 is 11.1 Å². The van der Waals surface area contributed by atoms with E-state index < -0.39 is 0 Å². The number of hydrogen-bond donors (Lipinski definition) is 2. The molecule has 0 spiro atoms. The molecule has 0 aliphatic heterocycles. The number of nitrogens with two attached hydrogens (primary N) is 1. The van der Waals surface area contributed by atoms with Crippen LogP contribution in [0.5, 0.6) is 0 Å². The zero-order chi connectivity index (χ0) is 11.1. The summed E-state index contributed by atoms with van der Waals surface area (Å²) in [6.45, 7) is 3.89. The normalized spacial score (nSPS) is 9.87. The maximum atomic E-state index is 8.75. The van der Waals surface area contributed by atoms with Crippen LogP contribution in [-0.2, 0) is 6.54 Å². The Balaban J connectivity index is 2.56. The van der Waals surface area contributed by atoms with Gasteiger partial charge in [0.05, 0.1) is 11.6 Å². The maximum Gasteiger partial charge on any atom is 0.0991 e. The lowest BCUT2D eigenvalue weighted by Gasteiger charge is -2.07. The number of nitrogens with one attached hydrogen (secondary N) is 1. The molecule has 0 bridgehead atoms. The summed E-state index contributed by atoms with van der Waals surface area (Å²) in [7, 11) is 0. The molecular weight excluding hydrogens is 186 g/mol. The largest absolute Gasteiger partial charge is 0.398 e. The van der Waals surface area contributed by atoms with E-state index in [0.717, 1.165) is 30.8 Å². The molecule has 1 rings (SSSR count). The van der Waals surface area contributed by atoms with Crippen molar-refractivity contribution in [1.82, 2.24) is 5.32 Å². The van der Waals surface area contributed by atoms with Crippen molar-refractivity contribution < 1.29 is 0 Å². The molecule has 0 aliphatic carbocycles. The molecule has 0 radical (unpaired) electrons. The van der Waals surface area contributed by atoms with Crippen LogP contribution in [0.4, 0.5) is 5.69 Å². The van der Waals surface area contributed by atoms with Gasteiger partial charge in [0.2, 0.25) is 0 Å². The lowest BCUT2D eigenvalue weighted by atomic mass is 10.1. The topological polar surface area (TPSA) is 61.8 Å². The summed E-state index contributed by atoms with van der Waals surface area (Å²) in [4.78, 5) is 0. The SMILES string of the molecule is CCCCNCc1cc(C#N)ccc1N. The fraction of sp³-hybridized carbons (Fsp3) is 0.417. The molecule has 0 aliphatic rings. The Morgan fingerprint density at radius 3 is 2.93 bits per heavy atom. The van der Waals surface area contributed by atoms with Gasteiger partial charge in [-0.25, -0.2) is 0 Å². The quantitative estimate of drug-likeness (QED) is 0.568. The second kappa shape index (κ2) is 6.05. The van der Waals surface area contributed by atoms with Crippen molar-refractivity contribution in [2.75, 3.05) is 12.3 Å². The van der Waals surface area contributed by atoms with Crippen LogP contribution >= 0.6 is 0 Å². The summed E-state index contributed by atoms with van der Waals surface area (Å²) in [6, 6.07) is 7.48. The zero-order valence-electron chi connectivity index (χ0n) is 9.09. The van der Waals surface area contributed by atoms with Crippen molar-refractivity contribution in [2.45, 2.75) is 26.3 Å². The van der Waals surface area contributed by atoms with E-state index in [2.05, 4.69) is 18.3 Å². The fourth-order valence-corrected chi connectivity index (χ4v) is 1.35. The minimum absolute atomic E-state index is 0.663. The monoisotopic (exact) mass is 203 g/mol. The third kappa shape index (κ3) is 3.61. The van der Waals surface area contributed by atoms with E-state index in [0.29, 0.717) is 5.56 Å². The molecule has 0 aromatic heterocycles. The van der Waals surface area contributed by atoms with Gasteiger partial charge in [0.1, 0.15) is 0 Å². The fourth-order valence-electron chi connectivity index (χ4n) is 1.35. The number of anilines is 1. The third-order valence-electron chi connectivity index (χ3n) is 2.29. The molecule has 0 atom stereocenters. The Labute approximate surface area is 90.9 Å². The highest BCUT2D eigenvalue weighted by Crippen LogP contribution is 2.13. The molecule has 1 aromatic rings. The molecule has 15 heavy (non-hydrogen) atoms. The lowest BCUT2D eigenvalue weighted by Crippen LogP contribution is -2.15. The van der Waals surface area contributed by atoms with Crippen molar-refractivity contribution in [1.29, 1.82) is 5.26 Å². The number of nitrogen functional groups attached to an aromatic ring is 1. The van der Waals surface area contributed by atoms with Crippen molar-refractivity contribution in [3.05, 3.63) is 29.3 Å². The molecule has 0 heterocycles. The highest BCUT2D eigenvalue weighted by molar-refractivity contribution is 5.51. The van der Waals surface area contributed by atoms with Gasteiger partial charge in [0.25, 0.3) is 0 Å². The summed E-state index contributed by atoms with van der Waals surface area (Å²) in [5.74, 6) is 0. The average molecular weight is 203 g/mol. The first kappa shape index (κ1) is 11.5. The van der Waals surface area contributed by atoms with Crippen LogP contribution in [0, 0.1) is 11.3 Å². The van der Waals surface area contributed by atoms with Crippen LogP contribution in [0.15, 0.2) is 18.2 Å². The predicted molar refractivity (Wildman–Crippen MR) is 62.2 cm³/mol. The third-order valence-corrected chi connectivity index (χ3v) is 2.29. The summed E-state index contributed by atoms with van der Waals surface area (Å²) in [5.41, 5.74) is 8.23. The first-order valence-electron chi connectivity index (χ1n) is 5.27. The molecule has 0 saturated carbocycles. The number of nitriles is 1. The zero-order valence-corrected chi connectivity index (χ0v) is 9.09. The second-order valence-electron chi connectivity index (χ2n) is 3.56.